The number of carbonyl (C=O) groups excluding carboxylic acids is 2. The molecule has 0 aliphatic carbocycles. The molecule has 138 valence electrons. The van der Waals surface area contributed by atoms with Gasteiger partial charge in [0.05, 0.1) is 0 Å². The molecular weight excluding hydrogens is 391 g/mol. The Kier molecular flexibility index (Phi) is 6.10. The molecule has 0 atom stereocenters. The molecule has 0 aliphatic heterocycles. The standard InChI is InChI=1S/C18H14ClFN4O2S/c19-11-2-1-3-14(10-11)22-17(26)18-24-23-16(27-18)9-8-15(25)21-13-6-4-12(20)5-7-13/h1-7,10H,8-9H2,(H,21,25)(H,22,26). The average molecular weight is 405 g/mol. The number of amides is 2. The number of anilines is 2. The fourth-order valence-corrected chi connectivity index (χ4v) is 3.10. The Morgan fingerprint density at radius 2 is 1.81 bits per heavy atom. The number of hydrogen-bond donors (Lipinski definition) is 2. The fraction of sp³-hybridized carbons (Fsp3) is 0.111. The molecular formula is C18H14ClFN4O2S. The van der Waals surface area contributed by atoms with E-state index in [4.69, 9.17) is 11.6 Å². The number of hydrogen-bond acceptors (Lipinski definition) is 5. The van der Waals surface area contributed by atoms with E-state index in [1.54, 1.807) is 24.3 Å². The van der Waals surface area contributed by atoms with Crippen LogP contribution in [0.15, 0.2) is 48.5 Å². The molecule has 0 fully saturated rings. The van der Waals surface area contributed by atoms with E-state index < -0.39 is 5.91 Å². The van der Waals surface area contributed by atoms with Gasteiger partial charge in [0.15, 0.2) is 0 Å². The number of aromatic nitrogens is 2. The van der Waals surface area contributed by atoms with Crippen LogP contribution in [0, 0.1) is 5.82 Å². The molecule has 1 aromatic heterocycles. The summed E-state index contributed by atoms with van der Waals surface area (Å²) in [7, 11) is 0. The minimum Gasteiger partial charge on any atom is -0.326 e. The first-order valence-electron chi connectivity index (χ1n) is 7.94. The largest absolute Gasteiger partial charge is 0.326 e. The second-order valence-corrected chi connectivity index (χ2v) is 7.02. The van der Waals surface area contributed by atoms with Crippen molar-refractivity contribution in [3.05, 3.63) is 69.4 Å². The quantitative estimate of drug-likeness (QED) is 0.646. The monoisotopic (exact) mass is 404 g/mol. The van der Waals surface area contributed by atoms with Gasteiger partial charge < -0.3 is 10.6 Å². The van der Waals surface area contributed by atoms with Crippen molar-refractivity contribution in [1.29, 1.82) is 0 Å². The Bertz CT molecular complexity index is 962. The van der Waals surface area contributed by atoms with E-state index in [1.165, 1.54) is 24.3 Å². The van der Waals surface area contributed by atoms with E-state index >= 15 is 0 Å². The van der Waals surface area contributed by atoms with Crippen molar-refractivity contribution < 1.29 is 14.0 Å². The van der Waals surface area contributed by atoms with E-state index in [0.717, 1.165) is 11.3 Å². The Hall–Kier alpha value is -2.84. The molecule has 3 aromatic rings. The first-order chi connectivity index (χ1) is 13.0. The van der Waals surface area contributed by atoms with Crippen LogP contribution in [0.4, 0.5) is 15.8 Å². The lowest BCUT2D eigenvalue weighted by molar-refractivity contribution is -0.116. The number of nitrogens with zero attached hydrogens (tertiary/aromatic N) is 2. The van der Waals surface area contributed by atoms with Crippen molar-refractivity contribution in [3.63, 3.8) is 0 Å². The molecule has 3 rings (SSSR count). The van der Waals surface area contributed by atoms with Crippen molar-refractivity contribution >= 4 is 46.1 Å². The average Bonchev–Trinajstić information content (AvgIpc) is 3.11. The zero-order chi connectivity index (χ0) is 19.2. The van der Waals surface area contributed by atoms with E-state index in [-0.39, 0.29) is 23.2 Å². The van der Waals surface area contributed by atoms with Crippen molar-refractivity contribution in [2.24, 2.45) is 0 Å². The van der Waals surface area contributed by atoms with Gasteiger partial charge in [-0.3, -0.25) is 9.59 Å². The Labute approximate surface area is 163 Å². The second kappa shape index (κ2) is 8.70. The molecule has 0 saturated heterocycles. The highest BCUT2D eigenvalue weighted by atomic mass is 35.5. The van der Waals surface area contributed by atoms with Crippen molar-refractivity contribution in [3.8, 4) is 0 Å². The van der Waals surface area contributed by atoms with Gasteiger partial charge >= 0.3 is 0 Å². The molecule has 6 nitrogen and oxygen atoms in total. The Morgan fingerprint density at radius 1 is 1.04 bits per heavy atom. The van der Waals surface area contributed by atoms with Crippen molar-refractivity contribution in [1.82, 2.24) is 10.2 Å². The maximum absolute atomic E-state index is 12.9. The van der Waals surface area contributed by atoms with Crippen LogP contribution in [0.25, 0.3) is 0 Å². The minimum absolute atomic E-state index is 0.169. The highest BCUT2D eigenvalue weighted by Crippen LogP contribution is 2.18. The molecule has 0 radical (unpaired) electrons. The lowest BCUT2D eigenvalue weighted by atomic mass is 10.2. The van der Waals surface area contributed by atoms with Gasteiger partial charge in [0, 0.05) is 29.2 Å². The Balaban J connectivity index is 1.52. The van der Waals surface area contributed by atoms with Crippen LogP contribution in [-0.4, -0.2) is 22.0 Å². The maximum atomic E-state index is 12.9. The number of nitrogens with one attached hydrogen (secondary N) is 2. The molecule has 0 saturated carbocycles. The zero-order valence-electron chi connectivity index (χ0n) is 13.9. The third-order valence-electron chi connectivity index (χ3n) is 3.44. The summed E-state index contributed by atoms with van der Waals surface area (Å²) >= 11 is 7.00. The van der Waals surface area contributed by atoms with Crippen LogP contribution in [-0.2, 0) is 11.2 Å². The predicted molar refractivity (Wildman–Crippen MR) is 103 cm³/mol. The predicted octanol–water partition coefficient (Wildman–Crippen LogP) is 4.15. The third kappa shape index (κ3) is 5.57. The maximum Gasteiger partial charge on any atom is 0.286 e. The normalized spacial score (nSPS) is 10.4. The molecule has 2 aromatic carbocycles. The number of aryl methyl sites for hydroxylation is 1. The lowest BCUT2D eigenvalue weighted by Crippen LogP contribution is -2.12. The van der Waals surface area contributed by atoms with Crippen molar-refractivity contribution in [2.45, 2.75) is 12.8 Å². The molecule has 9 heteroatoms. The van der Waals surface area contributed by atoms with Gasteiger partial charge in [0.2, 0.25) is 10.9 Å². The van der Waals surface area contributed by atoms with E-state index in [0.29, 0.717) is 27.8 Å². The molecule has 0 bridgehead atoms. The number of rotatable bonds is 6. The zero-order valence-corrected chi connectivity index (χ0v) is 15.5. The summed E-state index contributed by atoms with van der Waals surface area (Å²) in [6.07, 6.45) is 0.511. The molecule has 0 aliphatic rings. The highest BCUT2D eigenvalue weighted by Gasteiger charge is 2.14. The summed E-state index contributed by atoms with van der Waals surface area (Å²) in [6, 6.07) is 12.3. The summed E-state index contributed by atoms with van der Waals surface area (Å²) in [5, 5.41) is 14.4. The van der Waals surface area contributed by atoms with Crippen molar-refractivity contribution in [2.75, 3.05) is 10.6 Å². The van der Waals surface area contributed by atoms with E-state index in [9.17, 15) is 14.0 Å². The SMILES string of the molecule is O=C(CCc1nnc(C(=O)Nc2cccc(Cl)c2)s1)Nc1ccc(F)cc1. The van der Waals surface area contributed by atoms with Crippen LogP contribution in [0.3, 0.4) is 0 Å². The van der Waals surface area contributed by atoms with E-state index in [1.807, 2.05) is 0 Å². The number of halogens is 2. The fourth-order valence-electron chi connectivity index (χ4n) is 2.17. The minimum atomic E-state index is -0.392. The highest BCUT2D eigenvalue weighted by molar-refractivity contribution is 7.13. The van der Waals surface area contributed by atoms with Crippen LogP contribution in [0.5, 0.6) is 0 Å². The molecule has 27 heavy (non-hydrogen) atoms. The first kappa shape index (κ1) is 18.9. The van der Waals surface area contributed by atoms with Gasteiger partial charge in [-0.25, -0.2) is 4.39 Å². The van der Waals surface area contributed by atoms with Crippen LogP contribution >= 0.6 is 22.9 Å². The summed E-state index contributed by atoms with van der Waals surface area (Å²) < 4.78 is 12.9. The molecule has 0 unspecified atom stereocenters. The van der Waals surface area contributed by atoms with Crippen LogP contribution in [0.1, 0.15) is 21.2 Å². The first-order valence-corrected chi connectivity index (χ1v) is 9.14. The summed E-state index contributed by atoms with van der Waals surface area (Å²) in [5.41, 5.74) is 1.07. The summed E-state index contributed by atoms with van der Waals surface area (Å²) in [5.74, 6) is -0.996. The number of carbonyl (C=O) groups is 2. The van der Waals surface area contributed by atoms with Gasteiger partial charge in [-0.1, -0.05) is 29.0 Å². The number of benzene rings is 2. The lowest BCUT2D eigenvalue weighted by Gasteiger charge is -2.03. The molecule has 0 spiro atoms. The van der Waals surface area contributed by atoms with Crippen LogP contribution < -0.4 is 10.6 Å². The van der Waals surface area contributed by atoms with Gasteiger partial charge in [-0.2, -0.15) is 0 Å². The molecule has 2 N–H and O–H groups in total. The molecule has 2 amide bonds. The van der Waals surface area contributed by atoms with Crippen LogP contribution in [0.2, 0.25) is 5.02 Å². The summed E-state index contributed by atoms with van der Waals surface area (Å²) in [4.78, 5) is 24.1. The van der Waals surface area contributed by atoms with Gasteiger partial charge in [-0.05, 0) is 42.5 Å². The molecule has 1 heterocycles. The smallest absolute Gasteiger partial charge is 0.286 e. The van der Waals surface area contributed by atoms with E-state index in [2.05, 4.69) is 20.8 Å². The van der Waals surface area contributed by atoms with Gasteiger partial charge in [0.25, 0.3) is 5.91 Å². The second-order valence-electron chi connectivity index (χ2n) is 5.52. The summed E-state index contributed by atoms with van der Waals surface area (Å²) in [6.45, 7) is 0. The van der Waals surface area contributed by atoms with Gasteiger partial charge in [-0.15, -0.1) is 10.2 Å². The third-order valence-corrected chi connectivity index (χ3v) is 4.65. The van der Waals surface area contributed by atoms with Gasteiger partial charge in [0.1, 0.15) is 10.8 Å². The topological polar surface area (TPSA) is 84.0 Å². The Morgan fingerprint density at radius 3 is 2.56 bits per heavy atom.